The highest BCUT2D eigenvalue weighted by Crippen LogP contribution is 2.41. The predicted molar refractivity (Wildman–Crippen MR) is 196 cm³/mol. The number of nitrogens with zero attached hydrogens (tertiary/aromatic N) is 9. The summed E-state index contributed by atoms with van der Waals surface area (Å²) in [6.45, 7) is 7.11. The second-order valence-corrected chi connectivity index (χ2v) is 15.0. The highest BCUT2D eigenvalue weighted by molar-refractivity contribution is 7.06. The molecular weight excluding hydrogens is 689 g/mol. The summed E-state index contributed by atoms with van der Waals surface area (Å²) >= 11 is 7.80. The van der Waals surface area contributed by atoms with Crippen molar-refractivity contribution < 1.29 is 13.9 Å². The number of carbonyl (C=O) groups is 1. The smallest absolute Gasteiger partial charge is 0.318 e. The van der Waals surface area contributed by atoms with Crippen LogP contribution in [0.25, 0.3) is 16.8 Å². The number of aryl methyl sites for hydroxylation is 1. The maximum absolute atomic E-state index is 14.7. The van der Waals surface area contributed by atoms with Gasteiger partial charge < -0.3 is 19.4 Å². The Morgan fingerprint density at radius 1 is 1.12 bits per heavy atom. The van der Waals surface area contributed by atoms with Gasteiger partial charge in [0.15, 0.2) is 0 Å². The lowest BCUT2D eigenvalue weighted by molar-refractivity contribution is -0.128. The number of hydrogen-bond donors (Lipinski definition) is 0. The average molecular weight is 728 g/mol. The van der Waals surface area contributed by atoms with Crippen LogP contribution in [0.2, 0.25) is 5.02 Å². The molecule has 11 nitrogen and oxygen atoms in total. The van der Waals surface area contributed by atoms with Crippen LogP contribution < -0.4 is 14.5 Å². The van der Waals surface area contributed by atoms with Crippen LogP contribution in [0, 0.1) is 24.1 Å². The molecule has 0 N–H and O–H groups in total. The lowest BCUT2D eigenvalue weighted by Crippen LogP contribution is -2.55. The largest absolute Gasteiger partial charge is 0.461 e. The first-order chi connectivity index (χ1) is 24.8. The molecule has 4 aromatic rings. The van der Waals surface area contributed by atoms with E-state index in [2.05, 4.69) is 30.1 Å². The van der Waals surface area contributed by atoms with Crippen LogP contribution in [0.5, 0.6) is 6.01 Å². The number of halogens is 2. The highest BCUT2D eigenvalue weighted by Gasteiger charge is 2.45. The summed E-state index contributed by atoms with van der Waals surface area (Å²) in [5.41, 5.74) is 2.76. The summed E-state index contributed by atoms with van der Waals surface area (Å²) in [5.74, 6) is 0.853. The molecule has 0 saturated carbocycles. The van der Waals surface area contributed by atoms with Crippen molar-refractivity contribution in [1.82, 2.24) is 29.1 Å². The number of nitriles is 1. The maximum atomic E-state index is 14.7. The summed E-state index contributed by atoms with van der Waals surface area (Å²) in [6.07, 6.45) is 8.60. The monoisotopic (exact) mass is 727 g/mol. The van der Waals surface area contributed by atoms with Crippen LogP contribution in [-0.2, 0) is 17.8 Å². The number of ether oxygens (including phenoxy) is 1. The fourth-order valence-electron chi connectivity index (χ4n) is 8.37. The van der Waals surface area contributed by atoms with Gasteiger partial charge in [-0.15, -0.1) is 0 Å². The van der Waals surface area contributed by atoms with Crippen molar-refractivity contribution in [2.75, 3.05) is 55.7 Å². The molecule has 0 aliphatic carbocycles. The van der Waals surface area contributed by atoms with Gasteiger partial charge in [-0.2, -0.15) is 19.6 Å². The number of amides is 1. The molecule has 3 saturated heterocycles. The van der Waals surface area contributed by atoms with Crippen molar-refractivity contribution in [3.05, 3.63) is 69.3 Å². The Balaban J connectivity index is 1.10. The fraction of sp³-hybridized carbons (Fsp3) is 0.459. The second kappa shape index (κ2) is 14.0. The average Bonchev–Trinajstić information content (AvgIpc) is 3.86. The molecule has 2 aromatic carbocycles. The number of aromatic nitrogens is 4. The molecule has 14 heteroatoms. The Labute approximate surface area is 305 Å². The van der Waals surface area contributed by atoms with Crippen LogP contribution in [-0.4, -0.2) is 92.5 Å². The van der Waals surface area contributed by atoms with E-state index in [0.717, 1.165) is 54.1 Å². The fourth-order valence-corrected chi connectivity index (χ4v) is 9.21. The number of fused-ring (bicyclic) bond motifs is 3. The number of carbonyl (C=O) groups excluding carboxylic acids is 1. The number of rotatable bonds is 8. The van der Waals surface area contributed by atoms with Crippen molar-refractivity contribution in [1.29, 1.82) is 5.26 Å². The van der Waals surface area contributed by atoms with E-state index >= 15 is 0 Å². The predicted octanol–water partition coefficient (Wildman–Crippen LogP) is 5.80. The second-order valence-electron chi connectivity index (χ2n) is 13.9. The first kappa shape index (κ1) is 33.7. The molecule has 0 spiro atoms. The number of benzene rings is 2. The summed E-state index contributed by atoms with van der Waals surface area (Å²) in [4.78, 5) is 36.5. The van der Waals surface area contributed by atoms with Gasteiger partial charge in [-0.3, -0.25) is 9.69 Å². The summed E-state index contributed by atoms with van der Waals surface area (Å²) in [6, 6.07) is 11.4. The summed E-state index contributed by atoms with van der Waals surface area (Å²) in [5, 5.41) is 12.1. The minimum absolute atomic E-state index is 0.0278. The van der Waals surface area contributed by atoms with E-state index in [1.807, 2.05) is 25.1 Å². The van der Waals surface area contributed by atoms with Gasteiger partial charge in [0.25, 0.3) is 0 Å². The van der Waals surface area contributed by atoms with Gasteiger partial charge in [-0.05, 0) is 87.2 Å². The molecule has 264 valence electrons. The normalized spacial score (nSPS) is 20.2. The van der Waals surface area contributed by atoms with Crippen molar-refractivity contribution >= 4 is 57.4 Å². The Bertz CT molecular complexity index is 2040. The van der Waals surface area contributed by atoms with Gasteiger partial charge in [0.2, 0.25) is 5.91 Å². The number of anilines is 2. The zero-order chi connectivity index (χ0) is 35.1. The van der Waals surface area contributed by atoms with Crippen LogP contribution in [0.15, 0.2) is 36.4 Å². The van der Waals surface area contributed by atoms with Crippen molar-refractivity contribution in [3.8, 4) is 12.1 Å². The number of hydrogen-bond acceptors (Lipinski definition) is 11. The Morgan fingerprint density at radius 2 is 1.96 bits per heavy atom. The molecule has 0 radical (unpaired) electrons. The molecule has 51 heavy (non-hydrogen) atoms. The van der Waals surface area contributed by atoms with Crippen molar-refractivity contribution in [3.63, 3.8) is 0 Å². The Hall–Kier alpha value is -4.38. The van der Waals surface area contributed by atoms with Gasteiger partial charge >= 0.3 is 6.01 Å². The minimum atomic E-state index is -0.447. The number of piperazine rings is 1. The van der Waals surface area contributed by atoms with Gasteiger partial charge in [0.1, 0.15) is 29.1 Å². The van der Waals surface area contributed by atoms with Crippen LogP contribution >= 0.6 is 23.1 Å². The van der Waals surface area contributed by atoms with E-state index in [9.17, 15) is 14.4 Å². The molecule has 0 unspecified atom stereocenters. The Kier molecular flexibility index (Phi) is 9.25. The highest BCUT2D eigenvalue weighted by atomic mass is 35.5. The van der Waals surface area contributed by atoms with Crippen LogP contribution in [0.4, 0.5) is 15.9 Å². The zero-order valence-electron chi connectivity index (χ0n) is 28.5. The van der Waals surface area contributed by atoms with E-state index in [1.54, 1.807) is 17.0 Å². The van der Waals surface area contributed by atoms with Gasteiger partial charge in [0.05, 0.1) is 41.3 Å². The van der Waals surface area contributed by atoms with E-state index in [-0.39, 0.29) is 28.9 Å². The standard InChI is InChI=1S/C37H39ClFN9O2S/c1-24-41-31(51-44-24)9-10-32(49)48-20-19-46(21-26(48)11-15-40)35-27-12-18-45(30-6-2-5-25-7-8-28(39)34(38)33(25)30)22-29(27)42-36(43-35)50-23-37-13-3-16-47(37)17-4-14-37/h2,5-10,26H,3-4,11-14,16-23H2,1H3/b10-9+/t26-/m0/s1. The summed E-state index contributed by atoms with van der Waals surface area (Å²) in [7, 11) is 0. The third-order valence-corrected chi connectivity index (χ3v) is 12.0. The molecule has 3 fully saturated rings. The Morgan fingerprint density at radius 3 is 2.75 bits per heavy atom. The van der Waals surface area contributed by atoms with E-state index in [1.165, 1.54) is 36.5 Å². The van der Waals surface area contributed by atoms with E-state index < -0.39 is 5.82 Å². The maximum Gasteiger partial charge on any atom is 0.318 e. The molecule has 0 bridgehead atoms. The molecule has 4 aliphatic heterocycles. The lowest BCUT2D eigenvalue weighted by atomic mass is 9.95. The molecule has 1 amide bonds. The van der Waals surface area contributed by atoms with Crippen molar-refractivity contribution in [2.45, 2.75) is 63.6 Å². The van der Waals surface area contributed by atoms with Crippen molar-refractivity contribution in [2.24, 2.45) is 0 Å². The molecule has 4 aliphatic rings. The van der Waals surface area contributed by atoms with Crippen LogP contribution in [0.3, 0.4) is 0 Å². The summed E-state index contributed by atoms with van der Waals surface area (Å²) < 4.78 is 25.4. The molecule has 1 atom stereocenters. The molecule has 2 aromatic heterocycles. The van der Waals surface area contributed by atoms with E-state index in [4.69, 9.17) is 26.3 Å². The third-order valence-electron chi connectivity index (χ3n) is 10.9. The first-order valence-electron chi connectivity index (χ1n) is 17.6. The van der Waals surface area contributed by atoms with E-state index in [0.29, 0.717) is 68.0 Å². The minimum Gasteiger partial charge on any atom is -0.461 e. The zero-order valence-corrected chi connectivity index (χ0v) is 30.1. The van der Waals surface area contributed by atoms with Crippen LogP contribution in [0.1, 0.15) is 54.2 Å². The van der Waals surface area contributed by atoms with Gasteiger partial charge in [-0.1, -0.05) is 29.8 Å². The third kappa shape index (κ3) is 6.49. The molecule has 6 heterocycles. The quantitative estimate of drug-likeness (QED) is 0.207. The topological polar surface area (TPSA) is 115 Å². The lowest BCUT2D eigenvalue weighted by Gasteiger charge is -2.42. The SMILES string of the molecule is Cc1nsc(/C=C/C(=O)N2CCN(c3nc(OCC45CCCN4CCC5)nc4c3CCN(c3cccc5ccc(F)c(Cl)c35)C4)C[C@@H]2CC#N)n1. The van der Waals surface area contributed by atoms with Gasteiger partial charge in [-0.25, -0.2) is 9.37 Å². The van der Waals surface area contributed by atoms with Gasteiger partial charge in [0, 0.05) is 48.9 Å². The molecular formula is C37H39ClFN9O2S. The first-order valence-corrected chi connectivity index (χ1v) is 18.8. The molecule has 8 rings (SSSR count).